The van der Waals surface area contributed by atoms with Crippen LogP contribution in [-0.4, -0.2) is 16.9 Å². The monoisotopic (exact) mass is 402 g/mol. The summed E-state index contributed by atoms with van der Waals surface area (Å²) in [5, 5.41) is 4.01. The molecule has 5 nitrogen and oxygen atoms in total. The number of benzene rings is 2. The van der Waals surface area contributed by atoms with E-state index in [0.717, 1.165) is 34.1 Å². The van der Waals surface area contributed by atoms with Crippen molar-refractivity contribution in [1.82, 2.24) is 10.1 Å². The average Bonchev–Trinajstić information content (AvgIpc) is 3.36. The van der Waals surface area contributed by atoms with Gasteiger partial charge in [0.1, 0.15) is 11.5 Å². The van der Waals surface area contributed by atoms with Gasteiger partial charge < -0.3 is 14.0 Å². The smallest absolute Gasteiger partial charge is 0.231 e. The van der Waals surface area contributed by atoms with Gasteiger partial charge in [0.2, 0.25) is 6.79 Å². The molecule has 5 heteroatoms. The SMILES string of the molecule is Cc1ccc2c(c1)OCO2.Cc1cccnc1.Cc1onc(-c2ccccc2)c1C. The van der Waals surface area contributed by atoms with Gasteiger partial charge in [-0.25, -0.2) is 0 Å². The number of hydrogen-bond acceptors (Lipinski definition) is 5. The lowest BCUT2D eigenvalue weighted by Gasteiger charge is -1.95. The normalized spacial score (nSPS) is 11.1. The molecule has 5 rings (SSSR count). The Morgan fingerprint density at radius 3 is 2.13 bits per heavy atom. The molecule has 0 fully saturated rings. The largest absolute Gasteiger partial charge is 0.454 e. The maximum atomic E-state index is 5.16. The number of aromatic nitrogens is 2. The molecule has 4 aromatic rings. The van der Waals surface area contributed by atoms with Crippen molar-refractivity contribution in [1.29, 1.82) is 0 Å². The highest BCUT2D eigenvalue weighted by atomic mass is 16.7. The number of rotatable bonds is 1. The molecule has 2 aromatic carbocycles. The Kier molecular flexibility index (Phi) is 7.22. The predicted molar refractivity (Wildman–Crippen MR) is 118 cm³/mol. The van der Waals surface area contributed by atoms with E-state index >= 15 is 0 Å². The Balaban J connectivity index is 0.000000134. The molecule has 0 amide bonds. The molecule has 0 radical (unpaired) electrons. The molecule has 0 bridgehead atoms. The third kappa shape index (κ3) is 5.70. The Morgan fingerprint density at radius 2 is 1.53 bits per heavy atom. The van der Waals surface area contributed by atoms with Gasteiger partial charge in [0.15, 0.2) is 11.5 Å². The van der Waals surface area contributed by atoms with Crippen molar-refractivity contribution in [3.8, 4) is 22.8 Å². The first-order valence-corrected chi connectivity index (χ1v) is 9.76. The van der Waals surface area contributed by atoms with Crippen molar-refractivity contribution in [3.05, 3.63) is 95.5 Å². The molecule has 1 aliphatic heterocycles. The number of hydrogen-bond donors (Lipinski definition) is 0. The van der Waals surface area contributed by atoms with E-state index in [2.05, 4.69) is 10.1 Å². The fourth-order valence-electron chi connectivity index (χ4n) is 2.73. The molecular weight excluding hydrogens is 376 g/mol. The summed E-state index contributed by atoms with van der Waals surface area (Å²) in [5.74, 6) is 2.60. The Morgan fingerprint density at radius 1 is 0.767 bits per heavy atom. The highest BCUT2D eigenvalue weighted by molar-refractivity contribution is 5.62. The minimum atomic E-state index is 0.360. The lowest BCUT2D eigenvalue weighted by molar-refractivity contribution is 0.174. The molecule has 0 aliphatic carbocycles. The summed E-state index contributed by atoms with van der Waals surface area (Å²) in [6.45, 7) is 8.36. The van der Waals surface area contributed by atoms with E-state index in [9.17, 15) is 0 Å². The first-order valence-electron chi connectivity index (χ1n) is 9.76. The van der Waals surface area contributed by atoms with E-state index in [0.29, 0.717) is 6.79 Å². The van der Waals surface area contributed by atoms with Crippen LogP contribution in [0.15, 0.2) is 77.6 Å². The van der Waals surface area contributed by atoms with Crippen LogP contribution in [0.2, 0.25) is 0 Å². The Labute approximate surface area is 177 Å². The summed E-state index contributed by atoms with van der Waals surface area (Å²) in [6.07, 6.45) is 3.60. The van der Waals surface area contributed by atoms with Crippen molar-refractivity contribution in [3.63, 3.8) is 0 Å². The van der Waals surface area contributed by atoms with E-state index < -0.39 is 0 Å². The zero-order valence-electron chi connectivity index (χ0n) is 17.8. The van der Waals surface area contributed by atoms with Crippen molar-refractivity contribution >= 4 is 0 Å². The highest BCUT2D eigenvalue weighted by Crippen LogP contribution is 2.32. The molecule has 0 N–H and O–H groups in total. The quantitative estimate of drug-likeness (QED) is 0.387. The third-order valence-corrected chi connectivity index (χ3v) is 4.54. The minimum absolute atomic E-state index is 0.360. The first kappa shape index (κ1) is 21.1. The maximum Gasteiger partial charge on any atom is 0.231 e. The average molecular weight is 402 g/mol. The fraction of sp³-hybridized carbons (Fsp3) is 0.200. The van der Waals surface area contributed by atoms with E-state index in [1.807, 2.05) is 94.6 Å². The van der Waals surface area contributed by atoms with Crippen LogP contribution < -0.4 is 9.47 Å². The summed E-state index contributed by atoms with van der Waals surface area (Å²) >= 11 is 0. The number of pyridine rings is 1. The molecule has 3 heterocycles. The van der Waals surface area contributed by atoms with Gasteiger partial charge in [0.05, 0.1) is 0 Å². The van der Waals surface area contributed by atoms with Crippen molar-refractivity contribution in [2.75, 3.05) is 6.79 Å². The molecule has 2 aromatic heterocycles. The summed E-state index contributed by atoms with van der Waals surface area (Å²) in [5.41, 5.74) is 5.58. The fourth-order valence-corrected chi connectivity index (χ4v) is 2.73. The van der Waals surface area contributed by atoms with E-state index in [4.69, 9.17) is 14.0 Å². The van der Waals surface area contributed by atoms with Crippen LogP contribution in [0.3, 0.4) is 0 Å². The first-order chi connectivity index (χ1) is 14.5. The predicted octanol–water partition coefficient (Wildman–Crippen LogP) is 6.07. The Bertz CT molecular complexity index is 1060. The second-order valence-electron chi connectivity index (χ2n) is 6.97. The second kappa shape index (κ2) is 10.3. The van der Waals surface area contributed by atoms with Gasteiger partial charge in [-0.2, -0.15) is 0 Å². The number of ether oxygens (including phenoxy) is 2. The molecule has 154 valence electrons. The van der Waals surface area contributed by atoms with Crippen LogP contribution in [0, 0.1) is 27.7 Å². The van der Waals surface area contributed by atoms with Crippen LogP contribution in [0.1, 0.15) is 22.5 Å². The Hall–Kier alpha value is -3.60. The van der Waals surface area contributed by atoms with Gasteiger partial charge in [-0.3, -0.25) is 4.98 Å². The summed E-state index contributed by atoms with van der Waals surface area (Å²) in [6, 6.07) is 19.9. The molecule has 0 atom stereocenters. The lowest BCUT2D eigenvalue weighted by atomic mass is 10.1. The van der Waals surface area contributed by atoms with Gasteiger partial charge in [-0.1, -0.05) is 47.6 Å². The van der Waals surface area contributed by atoms with Gasteiger partial charge in [-0.15, -0.1) is 0 Å². The van der Waals surface area contributed by atoms with Crippen LogP contribution in [0.25, 0.3) is 11.3 Å². The molecule has 0 spiro atoms. The molecule has 0 unspecified atom stereocenters. The lowest BCUT2D eigenvalue weighted by Crippen LogP contribution is -1.92. The highest BCUT2D eigenvalue weighted by Gasteiger charge is 2.11. The van der Waals surface area contributed by atoms with Crippen LogP contribution in [-0.2, 0) is 0 Å². The van der Waals surface area contributed by atoms with Gasteiger partial charge in [-0.05, 0) is 57.0 Å². The van der Waals surface area contributed by atoms with Gasteiger partial charge >= 0.3 is 0 Å². The minimum Gasteiger partial charge on any atom is -0.454 e. The number of aryl methyl sites for hydroxylation is 3. The van der Waals surface area contributed by atoms with Crippen molar-refractivity contribution < 1.29 is 14.0 Å². The maximum absolute atomic E-state index is 5.16. The van der Waals surface area contributed by atoms with Crippen LogP contribution >= 0.6 is 0 Å². The molecule has 30 heavy (non-hydrogen) atoms. The van der Waals surface area contributed by atoms with Gasteiger partial charge in [0, 0.05) is 23.5 Å². The molecule has 0 saturated heterocycles. The molecule has 1 aliphatic rings. The van der Waals surface area contributed by atoms with Crippen molar-refractivity contribution in [2.45, 2.75) is 27.7 Å². The standard InChI is InChI=1S/C11H11NO.C8H8O2.C6H7N/c1-8-9(2)13-12-11(8)10-6-4-3-5-7-10;1-6-2-3-7-8(4-6)10-5-9-7;1-6-3-2-4-7-5-6/h3-7H,1-2H3;2-4H,5H2,1H3;2-5H,1H3. The summed E-state index contributed by atoms with van der Waals surface area (Å²) < 4.78 is 15.4. The zero-order valence-corrected chi connectivity index (χ0v) is 17.8. The van der Waals surface area contributed by atoms with Gasteiger partial charge in [0.25, 0.3) is 0 Å². The van der Waals surface area contributed by atoms with Crippen LogP contribution in [0.4, 0.5) is 0 Å². The van der Waals surface area contributed by atoms with Crippen LogP contribution in [0.5, 0.6) is 11.5 Å². The number of fused-ring (bicyclic) bond motifs is 1. The summed E-state index contributed by atoms with van der Waals surface area (Å²) in [7, 11) is 0. The topological polar surface area (TPSA) is 57.4 Å². The van der Waals surface area contributed by atoms with E-state index in [1.165, 1.54) is 11.1 Å². The van der Waals surface area contributed by atoms with E-state index in [-0.39, 0.29) is 0 Å². The van der Waals surface area contributed by atoms with E-state index in [1.54, 1.807) is 6.20 Å². The second-order valence-corrected chi connectivity index (χ2v) is 6.97. The summed E-state index contributed by atoms with van der Waals surface area (Å²) in [4.78, 5) is 3.88. The number of nitrogens with zero attached hydrogens (tertiary/aromatic N) is 2. The van der Waals surface area contributed by atoms with Crippen molar-refractivity contribution in [2.24, 2.45) is 0 Å². The zero-order chi connectivity index (χ0) is 21.3. The molecule has 0 saturated carbocycles. The third-order valence-electron chi connectivity index (χ3n) is 4.54. The molecular formula is C25H26N2O3.